The number of hydrogen-bond donors (Lipinski definition) is 0. The summed E-state index contributed by atoms with van der Waals surface area (Å²) in [6.45, 7) is 3.14. The van der Waals surface area contributed by atoms with Crippen molar-refractivity contribution in [3.63, 3.8) is 0 Å². The van der Waals surface area contributed by atoms with E-state index in [1.54, 1.807) is 0 Å². The van der Waals surface area contributed by atoms with Crippen molar-refractivity contribution in [1.82, 2.24) is 9.80 Å². The molecule has 0 unspecified atom stereocenters. The molecule has 0 aliphatic carbocycles. The highest BCUT2D eigenvalue weighted by atomic mass is 35.5. The van der Waals surface area contributed by atoms with E-state index >= 15 is 0 Å². The minimum atomic E-state index is 0.647. The van der Waals surface area contributed by atoms with E-state index < -0.39 is 0 Å². The van der Waals surface area contributed by atoms with Gasteiger partial charge in [-0.25, -0.2) is 0 Å². The van der Waals surface area contributed by atoms with Gasteiger partial charge in [-0.2, -0.15) is 0 Å². The Labute approximate surface area is 199 Å². The number of hydrogen-bond acceptors (Lipinski definition) is 4. The molecule has 0 bridgehead atoms. The van der Waals surface area contributed by atoms with E-state index in [9.17, 15) is 0 Å². The van der Waals surface area contributed by atoms with E-state index in [2.05, 4.69) is 86.7 Å². The van der Waals surface area contributed by atoms with Crippen molar-refractivity contribution in [3.8, 4) is 0 Å². The summed E-state index contributed by atoms with van der Waals surface area (Å²) in [6, 6.07) is 24.8. The number of halogens is 2. The Morgan fingerprint density at radius 1 is 0.594 bits per heavy atom. The predicted octanol–water partition coefficient (Wildman–Crippen LogP) is 6.50. The third kappa shape index (κ3) is 4.43. The average molecular weight is 463 g/mol. The number of benzene rings is 3. The van der Waals surface area contributed by atoms with Crippen LogP contribution in [0.4, 0.5) is 11.4 Å². The summed E-state index contributed by atoms with van der Waals surface area (Å²) in [4.78, 5) is 8.77. The monoisotopic (exact) mass is 462 g/mol. The standard InChI is InChI=1S/C26H24Cl2N4/c27-23-11-12-24(31-15-13-29(19-31)17-21-7-3-1-4-8-21)25(28)26(23)32-16-14-30(20-32)18-22-9-5-2-6-10-22/h1-16H,17-20H2. The normalized spacial score (nSPS) is 15.3. The van der Waals surface area contributed by atoms with Gasteiger partial charge in [-0.05, 0) is 23.3 Å². The lowest BCUT2D eigenvalue weighted by Crippen LogP contribution is -2.27. The van der Waals surface area contributed by atoms with Gasteiger partial charge in [0.2, 0.25) is 0 Å². The highest BCUT2D eigenvalue weighted by Gasteiger charge is 2.24. The van der Waals surface area contributed by atoms with E-state index in [0.717, 1.165) is 31.1 Å². The van der Waals surface area contributed by atoms with Gasteiger partial charge in [0, 0.05) is 37.9 Å². The SMILES string of the molecule is Clc1ccc(N2C=CN(Cc3ccccc3)C2)c(Cl)c1N1C=CN(Cc2ccccc2)C1. The van der Waals surface area contributed by atoms with Crippen molar-refractivity contribution in [2.75, 3.05) is 23.1 Å². The topological polar surface area (TPSA) is 13.0 Å². The van der Waals surface area contributed by atoms with Gasteiger partial charge in [-0.15, -0.1) is 0 Å². The van der Waals surface area contributed by atoms with Crippen LogP contribution >= 0.6 is 23.2 Å². The molecule has 0 spiro atoms. The Bertz CT molecular complexity index is 1130. The van der Waals surface area contributed by atoms with Crippen molar-refractivity contribution >= 4 is 34.6 Å². The highest BCUT2D eigenvalue weighted by molar-refractivity contribution is 6.41. The molecule has 2 heterocycles. The van der Waals surface area contributed by atoms with Crippen molar-refractivity contribution in [2.45, 2.75) is 13.1 Å². The van der Waals surface area contributed by atoms with Crippen LogP contribution in [-0.2, 0) is 13.1 Å². The summed E-state index contributed by atoms with van der Waals surface area (Å²) in [5, 5.41) is 1.31. The van der Waals surface area contributed by atoms with Crippen molar-refractivity contribution in [1.29, 1.82) is 0 Å². The molecule has 0 fully saturated rings. The zero-order valence-corrected chi connectivity index (χ0v) is 19.1. The molecule has 0 amide bonds. The molecule has 0 N–H and O–H groups in total. The van der Waals surface area contributed by atoms with Gasteiger partial charge < -0.3 is 19.6 Å². The molecule has 6 heteroatoms. The van der Waals surface area contributed by atoms with E-state index in [4.69, 9.17) is 23.2 Å². The van der Waals surface area contributed by atoms with Crippen LogP contribution in [0.15, 0.2) is 97.6 Å². The Hall–Kier alpha value is -3.08. The third-order valence-electron chi connectivity index (χ3n) is 5.68. The summed E-state index contributed by atoms with van der Waals surface area (Å²) in [5.74, 6) is 0. The lowest BCUT2D eigenvalue weighted by molar-refractivity contribution is 0.399. The minimum Gasteiger partial charge on any atom is -0.354 e. The van der Waals surface area contributed by atoms with Crippen LogP contribution in [0, 0.1) is 0 Å². The second-order valence-corrected chi connectivity index (χ2v) is 8.80. The molecule has 0 radical (unpaired) electrons. The van der Waals surface area contributed by atoms with Gasteiger partial charge in [-0.3, -0.25) is 0 Å². The molecular formula is C26H24Cl2N4. The van der Waals surface area contributed by atoms with Crippen LogP contribution in [0.3, 0.4) is 0 Å². The quantitative estimate of drug-likeness (QED) is 0.414. The van der Waals surface area contributed by atoms with Gasteiger partial charge >= 0.3 is 0 Å². The molecule has 0 atom stereocenters. The number of nitrogens with zero attached hydrogens (tertiary/aromatic N) is 4. The molecule has 0 aromatic heterocycles. The van der Waals surface area contributed by atoms with E-state index in [-0.39, 0.29) is 0 Å². The van der Waals surface area contributed by atoms with Crippen LogP contribution < -0.4 is 9.80 Å². The van der Waals surface area contributed by atoms with E-state index in [1.165, 1.54) is 11.1 Å². The second-order valence-electron chi connectivity index (χ2n) is 8.01. The molecular weight excluding hydrogens is 439 g/mol. The first-order valence-corrected chi connectivity index (χ1v) is 11.4. The minimum absolute atomic E-state index is 0.647. The maximum atomic E-state index is 6.92. The van der Waals surface area contributed by atoms with Crippen molar-refractivity contribution < 1.29 is 0 Å². The van der Waals surface area contributed by atoms with Crippen LogP contribution in [0.5, 0.6) is 0 Å². The molecule has 4 nitrogen and oxygen atoms in total. The maximum absolute atomic E-state index is 6.92. The smallest absolute Gasteiger partial charge is 0.0946 e. The van der Waals surface area contributed by atoms with Crippen LogP contribution in [0.1, 0.15) is 11.1 Å². The molecule has 0 saturated carbocycles. The molecule has 2 aliphatic heterocycles. The lowest BCUT2D eigenvalue weighted by Gasteiger charge is -2.27. The van der Waals surface area contributed by atoms with Gasteiger partial charge in [0.25, 0.3) is 0 Å². The number of anilines is 2. The zero-order valence-electron chi connectivity index (χ0n) is 17.6. The van der Waals surface area contributed by atoms with Crippen molar-refractivity contribution in [3.05, 3.63) is 119 Å². The third-order valence-corrected chi connectivity index (χ3v) is 6.36. The fourth-order valence-electron chi connectivity index (χ4n) is 4.09. The van der Waals surface area contributed by atoms with Gasteiger partial charge in [0.15, 0.2) is 0 Å². The first-order valence-electron chi connectivity index (χ1n) is 10.6. The maximum Gasteiger partial charge on any atom is 0.0946 e. The Balaban J connectivity index is 1.30. The first-order chi connectivity index (χ1) is 15.7. The molecule has 5 rings (SSSR count). The Kier molecular flexibility index (Phi) is 5.97. The predicted molar refractivity (Wildman–Crippen MR) is 133 cm³/mol. The summed E-state index contributed by atoms with van der Waals surface area (Å²) in [5.41, 5.74) is 4.34. The number of rotatable bonds is 6. The van der Waals surface area contributed by atoms with Crippen LogP contribution in [-0.4, -0.2) is 23.1 Å². The summed E-state index contributed by atoms with van der Waals surface area (Å²) < 4.78 is 0. The van der Waals surface area contributed by atoms with E-state index in [0.29, 0.717) is 16.7 Å². The second kappa shape index (κ2) is 9.19. The molecule has 2 aliphatic rings. The first kappa shape index (κ1) is 20.8. The Morgan fingerprint density at radius 2 is 1.12 bits per heavy atom. The largest absolute Gasteiger partial charge is 0.354 e. The lowest BCUT2D eigenvalue weighted by atomic mass is 10.2. The van der Waals surface area contributed by atoms with Crippen molar-refractivity contribution in [2.24, 2.45) is 0 Å². The summed E-state index contributed by atoms with van der Waals surface area (Å²) in [6.07, 6.45) is 8.31. The van der Waals surface area contributed by atoms with Gasteiger partial charge in [-0.1, -0.05) is 83.9 Å². The summed E-state index contributed by atoms with van der Waals surface area (Å²) >= 11 is 13.5. The van der Waals surface area contributed by atoms with E-state index in [1.807, 2.05) is 30.5 Å². The van der Waals surface area contributed by atoms with Crippen LogP contribution in [0.25, 0.3) is 0 Å². The fourth-order valence-corrected chi connectivity index (χ4v) is 4.78. The highest BCUT2D eigenvalue weighted by Crippen LogP contribution is 2.42. The van der Waals surface area contributed by atoms with Crippen LogP contribution in [0.2, 0.25) is 10.0 Å². The van der Waals surface area contributed by atoms with Gasteiger partial charge in [0.1, 0.15) is 0 Å². The molecule has 3 aromatic rings. The Morgan fingerprint density at radius 3 is 1.72 bits per heavy atom. The molecule has 3 aromatic carbocycles. The molecule has 32 heavy (non-hydrogen) atoms. The average Bonchev–Trinajstić information content (AvgIpc) is 3.45. The van der Waals surface area contributed by atoms with Gasteiger partial charge in [0.05, 0.1) is 34.8 Å². The fraction of sp³-hybridized carbons (Fsp3) is 0.154. The molecule has 162 valence electrons. The molecule has 0 saturated heterocycles. The summed E-state index contributed by atoms with van der Waals surface area (Å²) in [7, 11) is 0. The zero-order chi connectivity index (χ0) is 21.9.